The normalized spacial score (nSPS) is 13.4. The number of carbonyl (C=O) groups excluding carboxylic acids is 3. The van der Waals surface area contributed by atoms with Gasteiger partial charge < -0.3 is 14.2 Å². The largest absolute Gasteiger partial charge is 0.462 e. The predicted octanol–water partition coefficient (Wildman–Crippen LogP) is 16.1. The van der Waals surface area contributed by atoms with E-state index in [1.165, 1.54) is 32.1 Å². The standard InChI is InChI=1S/C57H86O6/c1-4-7-10-13-16-19-22-24-26-27-28-29-31-32-35-38-41-44-47-50-56(59)62-53-54(52-61-55(58)49-46-43-40-37-34-21-18-15-12-9-6-3)63-57(60)51-48-45-42-39-36-33-30-25-23-20-17-14-11-8-5-2/h7-8,10-11,13-24,26-29,31-32,34-35,54H,4-6,9,12,25,30,33,36-53H2,1-3H3/b10-7-,11-8-,16-13-,17-14-,18-15-,22-19-,23-20-,26-24-,28-27+,31-29-,34-21-,35-32-. The van der Waals surface area contributed by atoms with Gasteiger partial charge in [0.25, 0.3) is 0 Å². The van der Waals surface area contributed by atoms with Gasteiger partial charge >= 0.3 is 17.9 Å². The lowest BCUT2D eigenvalue weighted by molar-refractivity contribution is -0.167. The van der Waals surface area contributed by atoms with Crippen LogP contribution in [0.4, 0.5) is 0 Å². The van der Waals surface area contributed by atoms with Gasteiger partial charge in [-0.05, 0) is 77.0 Å². The van der Waals surface area contributed by atoms with Gasteiger partial charge in [0.1, 0.15) is 13.2 Å². The summed E-state index contributed by atoms with van der Waals surface area (Å²) in [6, 6.07) is 0. The molecule has 0 spiro atoms. The molecule has 63 heavy (non-hydrogen) atoms. The number of unbranched alkanes of at least 4 members (excludes halogenated alkanes) is 15. The van der Waals surface area contributed by atoms with Crippen molar-refractivity contribution in [2.24, 2.45) is 0 Å². The van der Waals surface area contributed by atoms with E-state index in [0.29, 0.717) is 25.7 Å². The molecule has 6 heteroatoms. The number of hydrogen-bond donors (Lipinski definition) is 0. The van der Waals surface area contributed by atoms with Gasteiger partial charge in [-0.3, -0.25) is 14.4 Å². The van der Waals surface area contributed by atoms with Crippen LogP contribution in [0.3, 0.4) is 0 Å². The molecule has 0 aliphatic carbocycles. The second-order valence-electron chi connectivity index (χ2n) is 15.5. The second-order valence-corrected chi connectivity index (χ2v) is 15.5. The molecule has 0 aromatic carbocycles. The molecule has 0 bridgehead atoms. The molecule has 1 atom stereocenters. The van der Waals surface area contributed by atoms with Gasteiger partial charge in [0.05, 0.1) is 0 Å². The summed E-state index contributed by atoms with van der Waals surface area (Å²) in [7, 11) is 0. The minimum atomic E-state index is -0.820. The van der Waals surface area contributed by atoms with Crippen molar-refractivity contribution in [3.8, 4) is 0 Å². The van der Waals surface area contributed by atoms with Gasteiger partial charge in [0, 0.05) is 19.3 Å². The SMILES string of the molecule is CC\C=C/C=C\C=C/C=C\C=C\C=C/C=C\CCCCCC(=O)OCC(COC(=O)CCCCC/C=C\C=C/CCCC)OC(=O)CCCCCCCCC\C=C/C=C\C=C/CC. The Morgan fingerprint density at radius 3 is 1.00 bits per heavy atom. The minimum Gasteiger partial charge on any atom is -0.462 e. The number of hydrogen-bond acceptors (Lipinski definition) is 6. The Morgan fingerprint density at radius 1 is 0.333 bits per heavy atom. The van der Waals surface area contributed by atoms with Crippen LogP contribution in [0.5, 0.6) is 0 Å². The Balaban J connectivity index is 4.56. The molecular formula is C57H86O6. The number of carbonyl (C=O) groups is 3. The topological polar surface area (TPSA) is 78.9 Å². The summed E-state index contributed by atoms with van der Waals surface area (Å²) in [5, 5.41) is 0. The Morgan fingerprint density at radius 2 is 0.619 bits per heavy atom. The van der Waals surface area contributed by atoms with Gasteiger partial charge in [0.2, 0.25) is 0 Å². The summed E-state index contributed by atoms with van der Waals surface area (Å²) in [5.74, 6) is -1.02. The van der Waals surface area contributed by atoms with Crippen LogP contribution in [-0.2, 0) is 28.6 Å². The average molecular weight is 867 g/mol. The maximum absolute atomic E-state index is 12.8. The molecule has 0 fully saturated rings. The first-order valence-electron chi connectivity index (χ1n) is 24.5. The van der Waals surface area contributed by atoms with Crippen LogP contribution in [0.2, 0.25) is 0 Å². The second kappa shape index (κ2) is 49.9. The highest BCUT2D eigenvalue weighted by atomic mass is 16.6. The molecule has 0 aromatic heterocycles. The van der Waals surface area contributed by atoms with Crippen molar-refractivity contribution in [1.82, 2.24) is 0 Å². The number of allylic oxidation sites excluding steroid dienone is 24. The van der Waals surface area contributed by atoms with Crippen LogP contribution >= 0.6 is 0 Å². The molecular weight excluding hydrogens is 781 g/mol. The number of ether oxygens (including phenoxy) is 3. The fraction of sp³-hybridized carbons (Fsp3) is 0.526. The van der Waals surface area contributed by atoms with E-state index in [1.807, 2.05) is 72.9 Å². The molecule has 0 saturated carbocycles. The minimum absolute atomic E-state index is 0.119. The van der Waals surface area contributed by atoms with Crippen LogP contribution in [0.25, 0.3) is 0 Å². The van der Waals surface area contributed by atoms with E-state index in [0.717, 1.165) is 96.3 Å². The van der Waals surface area contributed by atoms with Crippen LogP contribution in [0.1, 0.15) is 175 Å². The summed E-state index contributed by atoms with van der Waals surface area (Å²) in [4.78, 5) is 37.9. The van der Waals surface area contributed by atoms with E-state index in [9.17, 15) is 14.4 Å². The Hall–Kier alpha value is -4.71. The Bertz CT molecular complexity index is 1460. The average Bonchev–Trinajstić information content (AvgIpc) is 3.28. The highest BCUT2D eigenvalue weighted by Gasteiger charge is 2.19. The molecule has 0 rings (SSSR count). The lowest BCUT2D eigenvalue weighted by Crippen LogP contribution is -2.30. The molecule has 1 unspecified atom stereocenters. The summed E-state index contributed by atoms with van der Waals surface area (Å²) in [5.41, 5.74) is 0. The summed E-state index contributed by atoms with van der Waals surface area (Å²) < 4.78 is 16.7. The molecule has 0 saturated heterocycles. The lowest BCUT2D eigenvalue weighted by atomic mass is 10.1. The summed E-state index contributed by atoms with van der Waals surface area (Å²) in [6.07, 6.45) is 71.1. The van der Waals surface area contributed by atoms with Crippen LogP contribution in [0, 0.1) is 0 Å². The zero-order valence-corrected chi connectivity index (χ0v) is 39.8. The third kappa shape index (κ3) is 48.2. The fourth-order valence-corrected chi connectivity index (χ4v) is 5.93. The molecule has 6 nitrogen and oxygen atoms in total. The van der Waals surface area contributed by atoms with Crippen LogP contribution < -0.4 is 0 Å². The number of esters is 3. The summed E-state index contributed by atoms with van der Waals surface area (Å²) >= 11 is 0. The quantitative estimate of drug-likeness (QED) is 0.0264. The van der Waals surface area contributed by atoms with E-state index >= 15 is 0 Å². The molecule has 0 N–H and O–H groups in total. The monoisotopic (exact) mass is 867 g/mol. The van der Waals surface area contributed by atoms with Crippen molar-refractivity contribution in [2.45, 2.75) is 181 Å². The van der Waals surface area contributed by atoms with E-state index in [2.05, 4.69) is 93.7 Å². The van der Waals surface area contributed by atoms with E-state index < -0.39 is 6.10 Å². The highest BCUT2D eigenvalue weighted by Crippen LogP contribution is 2.13. The highest BCUT2D eigenvalue weighted by molar-refractivity contribution is 5.71. The lowest BCUT2D eigenvalue weighted by Gasteiger charge is -2.18. The molecule has 0 heterocycles. The third-order valence-electron chi connectivity index (χ3n) is 9.59. The predicted molar refractivity (Wildman–Crippen MR) is 269 cm³/mol. The van der Waals surface area contributed by atoms with Crippen LogP contribution in [-0.4, -0.2) is 37.2 Å². The van der Waals surface area contributed by atoms with Gasteiger partial charge in [-0.15, -0.1) is 0 Å². The van der Waals surface area contributed by atoms with E-state index in [-0.39, 0.29) is 31.1 Å². The third-order valence-corrected chi connectivity index (χ3v) is 9.59. The van der Waals surface area contributed by atoms with Crippen molar-refractivity contribution in [3.05, 3.63) is 146 Å². The van der Waals surface area contributed by atoms with Gasteiger partial charge in [0.15, 0.2) is 6.10 Å². The smallest absolute Gasteiger partial charge is 0.306 e. The van der Waals surface area contributed by atoms with Gasteiger partial charge in [-0.25, -0.2) is 0 Å². The fourth-order valence-electron chi connectivity index (χ4n) is 5.93. The maximum Gasteiger partial charge on any atom is 0.306 e. The van der Waals surface area contributed by atoms with Crippen molar-refractivity contribution in [3.63, 3.8) is 0 Å². The molecule has 0 radical (unpaired) electrons. The maximum atomic E-state index is 12.8. The molecule has 0 amide bonds. The first-order chi connectivity index (χ1) is 31.0. The van der Waals surface area contributed by atoms with Crippen molar-refractivity contribution in [1.29, 1.82) is 0 Å². The Kier molecular flexibility index (Phi) is 46.2. The molecule has 0 aliphatic rings. The van der Waals surface area contributed by atoms with E-state index in [4.69, 9.17) is 14.2 Å². The first-order valence-corrected chi connectivity index (χ1v) is 24.5. The Labute approximate surface area is 385 Å². The van der Waals surface area contributed by atoms with Crippen molar-refractivity contribution >= 4 is 17.9 Å². The zero-order valence-electron chi connectivity index (χ0n) is 39.8. The first kappa shape index (κ1) is 58.3. The van der Waals surface area contributed by atoms with Crippen LogP contribution in [0.15, 0.2) is 146 Å². The van der Waals surface area contributed by atoms with E-state index in [1.54, 1.807) is 0 Å². The van der Waals surface area contributed by atoms with Crippen molar-refractivity contribution in [2.75, 3.05) is 13.2 Å². The van der Waals surface area contributed by atoms with Crippen molar-refractivity contribution < 1.29 is 28.6 Å². The van der Waals surface area contributed by atoms with Gasteiger partial charge in [-0.1, -0.05) is 224 Å². The zero-order chi connectivity index (χ0) is 45.8. The molecule has 350 valence electrons. The number of rotatable bonds is 41. The molecule has 0 aromatic rings. The molecule has 0 aliphatic heterocycles. The summed E-state index contributed by atoms with van der Waals surface area (Å²) in [6.45, 7) is 6.20. The van der Waals surface area contributed by atoms with Gasteiger partial charge in [-0.2, -0.15) is 0 Å².